The summed E-state index contributed by atoms with van der Waals surface area (Å²) in [7, 11) is 0. The molecule has 3 aromatic carbocycles. The number of amides is 2. The van der Waals surface area contributed by atoms with E-state index in [0.717, 1.165) is 6.07 Å². The molecule has 3 aromatic rings. The maximum atomic E-state index is 13.9. The molecule has 2 amide bonds. The SMILES string of the molecule is CC(Oc1ccc(C(=O)Nc2cccc(Cl)c2F)cc1)C(=O)Nc1ccc(Cl)cc1F. The predicted octanol–water partition coefficient (Wildman–Crippen LogP) is 5.93. The van der Waals surface area contributed by atoms with Crippen LogP contribution in [-0.4, -0.2) is 17.9 Å². The lowest BCUT2D eigenvalue weighted by molar-refractivity contribution is -0.122. The van der Waals surface area contributed by atoms with Gasteiger partial charge in [-0.1, -0.05) is 29.3 Å². The lowest BCUT2D eigenvalue weighted by Crippen LogP contribution is -2.30. The minimum absolute atomic E-state index is 0.0230. The zero-order valence-electron chi connectivity index (χ0n) is 16.1. The number of carbonyl (C=O) groups is 2. The summed E-state index contributed by atoms with van der Waals surface area (Å²) in [6.45, 7) is 1.49. The lowest BCUT2D eigenvalue weighted by Gasteiger charge is -2.15. The molecule has 9 heteroatoms. The normalized spacial score (nSPS) is 11.5. The highest BCUT2D eigenvalue weighted by atomic mass is 35.5. The van der Waals surface area contributed by atoms with Crippen LogP contribution in [0.25, 0.3) is 0 Å². The number of carbonyl (C=O) groups excluding carboxylic acids is 2. The van der Waals surface area contributed by atoms with E-state index in [9.17, 15) is 18.4 Å². The molecule has 0 spiro atoms. The van der Waals surface area contributed by atoms with Gasteiger partial charge < -0.3 is 15.4 Å². The van der Waals surface area contributed by atoms with Crippen LogP contribution in [0.2, 0.25) is 10.0 Å². The Morgan fingerprint density at radius 2 is 1.65 bits per heavy atom. The highest BCUT2D eigenvalue weighted by Gasteiger charge is 2.17. The molecule has 0 radical (unpaired) electrons. The molecule has 1 atom stereocenters. The van der Waals surface area contributed by atoms with Crippen molar-refractivity contribution in [1.29, 1.82) is 0 Å². The minimum Gasteiger partial charge on any atom is -0.481 e. The number of ether oxygens (including phenoxy) is 1. The fourth-order valence-electron chi connectivity index (χ4n) is 2.56. The van der Waals surface area contributed by atoms with E-state index in [2.05, 4.69) is 10.6 Å². The van der Waals surface area contributed by atoms with Crippen molar-refractivity contribution in [3.8, 4) is 5.75 Å². The van der Waals surface area contributed by atoms with E-state index in [-0.39, 0.29) is 27.0 Å². The van der Waals surface area contributed by atoms with Gasteiger partial charge in [-0.25, -0.2) is 8.78 Å². The summed E-state index contributed by atoms with van der Waals surface area (Å²) in [5.74, 6) is -2.20. The summed E-state index contributed by atoms with van der Waals surface area (Å²) in [5, 5.41) is 4.96. The van der Waals surface area contributed by atoms with Crippen LogP contribution in [0.4, 0.5) is 20.2 Å². The summed E-state index contributed by atoms with van der Waals surface area (Å²) >= 11 is 11.4. The third-order valence-corrected chi connectivity index (χ3v) is 4.71. The molecule has 0 saturated carbocycles. The van der Waals surface area contributed by atoms with Gasteiger partial charge >= 0.3 is 0 Å². The molecule has 0 fully saturated rings. The molecule has 0 aromatic heterocycles. The number of rotatable bonds is 6. The molecule has 0 aliphatic heterocycles. The van der Waals surface area contributed by atoms with Gasteiger partial charge in [0.2, 0.25) is 0 Å². The van der Waals surface area contributed by atoms with Gasteiger partial charge in [-0.15, -0.1) is 0 Å². The first-order valence-corrected chi connectivity index (χ1v) is 9.78. The van der Waals surface area contributed by atoms with Gasteiger partial charge in [0, 0.05) is 10.6 Å². The molecule has 31 heavy (non-hydrogen) atoms. The standard InChI is InChI=1S/C22H16Cl2F2N2O3/c1-12(21(29)27-18-10-7-14(23)11-17(18)25)31-15-8-5-13(6-9-15)22(30)28-19-4-2-3-16(24)20(19)26/h2-12H,1H3,(H,27,29)(H,28,30). The van der Waals surface area contributed by atoms with Gasteiger partial charge in [0.05, 0.1) is 16.4 Å². The van der Waals surface area contributed by atoms with Crippen LogP contribution in [0.15, 0.2) is 60.7 Å². The molecule has 3 rings (SSSR count). The molecular weight excluding hydrogens is 449 g/mol. The molecule has 2 N–H and O–H groups in total. The Morgan fingerprint density at radius 1 is 0.935 bits per heavy atom. The summed E-state index contributed by atoms with van der Waals surface area (Å²) in [4.78, 5) is 24.6. The van der Waals surface area contributed by atoms with Crippen LogP contribution in [-0.2, 0) is 4.79 Å². The van der Waals surface area contributed by atoms with Crippen molar-refractivity contribution < 1.29 is 23.1 Å². The molecule has 0 heterocycles. The quantitative estimate of drug-likeness (QED) is 0.474. The zero-order valence-corrected chi connectivity index (χ0v) is 17.6. The maximum Gasteiger partial charge on any atom is 0.265 e. The van der Waals surface area contributed by atoms with E-state index in [0.29, 0.717) is 5.75 Å². The van der Waals surface area contributed by atoms with Gasteiger partial charge in [-0.2, -0.15) is 0 Å². The average Bonchev–Trinajstić information content (AvgIpc) is 2.73. The number of nitrogens with one attached hydrogen (secondary N) is 2. The third kappa shape index (κ3) is 5.71. The topological polar surface area (TPSA) is 67.4 Å². The molecule has 0 aliphatic carbocycles. The minimum atomic E-state index is -0.949. The Labute approximate surface area is 186 Å². The largest absolute Gasteiger partial charge is 0.481 e. The van der Waals surface area contributed by atoms with Crippen molar-refractivity contribution >= 4 is 46.4 Å². The van der Waals surface area contributed by atoms with E-state index in [1.807, 2.05) is 0 Å². The van der Waals surface area contributed by atoms with Gasteiger partial charge in [0.25, 0.3) is 11.8 Å². The third-order valence-electron chi connectivity index (χ3n) is 4.19. The summed E-state index contributed by atoms with van der Waals surface area (Å²) in [6, 6.07) is 14.0. The van der Waals surface area contributed by atoms with Crippen molar-refractivity contribution in [3.05, 3.63) is 87.9 Å². The summed E-state index contributed by atoms with van der Waals surface area (Å²) in [6.07, 6.45) is -0.949. The molecule has 0 bridgehead atoms. The highest BCUT2D eigenvalue weighted by molar-refractivity contribution is 6.31. The van der Waals surface area contributed by atoms with E-state index in [4.69, 9.17) is 27.9 Å². The monoisotopic (exact) mass is 464 g/mol. The van der Waals surface area contributed by atoms with Gasteiger partial charge in [-0.3, -0.25) is 9.59 Å². The van der Waals surface area contributed by atoms with Gasteiger partial charge in [0.1, 0.15) is 11.6 Å². The van der Waals surface area contributed by atoms with Crippen LogP contribution >= 0.6 is 23.2 Å². The molecule has 5 nitrogen and oxygen atoms in total. The summed E-state index contributed by atoms with van der Waals surface area (Å²) < 4.78 is 33.3. The Kier molecular flexibility index (Phi) is 7.09. The second kappa shape index (κ2) is 9.76. The van der Waals surface area contributed by atoms with Gasteiger partial charge in [0.15, 0.2) is 11.9 Å². The second-order valence-corrected chi connectivity index (χ2v) is 7.30. The molecule has 0 aliphatic rings. The van der Waals surface area contributed by atoms with Crippen LogP contribution in [0.5, 0.6) is 5.75 Å². The van der Waals surface area contributed by atoms with Crippen molar-refractivity contribution in [2.75, 3.05) is 10.6 Å². The first kappa shape index (κ1) is 22.5. The first-order chi connectivity index (χ1) is 14.7. The van der Waals surface area contributed by atoms with Crippen LogP contribution in [0.1, 0.15) is 17.3 Å². The molecule has 0 saturated heterocycles. The Hall–Kier alpha value is -3.16. The van der Waals surface area contributed by atoms with Crippen molar-refractivity contribution in [3.63, 3.8) is 0 Å². The number of anilines is 2. The molecule has 1 unspecified atom stereocenters. The second-order valence-electron chi connectivity index (χ2n) is 6.45. The van der Waals surface area contributed by atoms with Crippen molar-refractivity contribution in [2.24, 2.45) is 0 Å². The van der Waals surface area contributed by atoms with Crippen LogP contribution in [0.3, 0.4) is 0 Å². The van der Waals surface area contributed by atoms with E-state index in [1.165, 1.54) is 61.5 Å². The van der Waals surface area contributed by atoms with Crippen LogP contribution in [0, 0.1) is 11.6 Å². The van der Waals surface area contributed by atoms with E-state index < -0.39 is 29.6 Å². The first-order valence-electron chi connectivity index (χ1n) is 9.02. The lowest BCUT2D eigenvalue weighted by atomic mass is 10.2. The number of hydrogen-bond acceptors (Lipinski definition) is 3. The number of halogens is 4. The molecular formula is C22H16Cl2F2N2O3. The fraction of sp³-hybridized carbons (Fsp3) is 0.0909. The average molecular weight is 465 g/mol. The predicted molar refractivity (Wildman–Crippen MR) is 116 cm³/mol. The van der Waals surface area contributed by atoms with Crippen molar-refractivity contribution in [2.45, 2.75) is 13.0 Å². The Balaban J connectivity index is 1.61. The smallest absolute Gasteiger partial charge is 0.265 e. The fourth-order valence-corrected chi connectivity index (χ4v) is 2.90. The zero-order chi connectivity index (χ0) is 22.5. The van der Waals surface area contributed by atoms with Crippen LogP contribution < -0.4 is 15.4 Å². The number of benzene rings is 3. The Bertz CT molecular complexity index is 1120. The van der Waals surface area contributed by atoms with E-state index in [1.54, 1.807) is 0 Å². The summed E-state index contributed by atoms with van der Waals surface area (Å²) in [5.41, 5.74) is 0.176. The van der Waals surface area contributed by atoms with Crippen molar-refractivity contribution in [1.82, 2.24) is 0 Å². The van der Waals surface area contributed by atoms with E-state index >= 15 is 0 Å². The number of hydrogen-bond donors (Lipinski definition) is 2. The highest BCUT2D eigenvalue weighted by Crippen LogP contribution is 2.23. The molecule has 160 valence electrons. The maximum absolute atomic E-state index is 13.9. The van der Waals surface area contributed by atoms with Gasteiger partial charge in [-0.05, 0) is 61.5 Å². The Morgan fingerprint density at radius 3 is 2.32 bits per heavy atom.